The molecule has 0 unspecified atom stereocenters. The van der Waals surface area contributed by atoms with E-state index in [0.717, 1.165) is 18.4 Å². The van der Waals surface area contributed by atoms with Crippen LogP contribution in [0.5, 0.6) is 11.5 Å². The Bertz CT molecular complexity index is 982. The fourth-order valence-corrected chi connectivity index (χ4v) is 3.28. The van der Waals surface area contributed by atoms with Crippen molar-refractivity contribution in [1.82, 2.24) is 4.98 Å². The molecule has 0 bridgehead atoms. The van der Waals surface area contributed by atoms with Crippen LogP contribution in [0.15, 0.2) is 71.5 Å². The van der Waals surface area contributed by atoms with E-state index in [0.29, 0.717) is 33.2 Å². The fourth-order valence-electron chi connectivity index (χ4n) is 2.99. The second-order valence-corrected chi connectivity index (χ2v) is 6.43. The summed E-state index contributed by atoms with van der Waals surface area (Å²) in [7, 11) is 0. The van der Waals surface area contributed by atoms with Gasteiger partial charge in [0.1, 0.15) is 24.0 Å². The van der Waals surface area contributed by atoms with Gasteiger partial charge in [-0.2, -0.15) is 0 Å². The van der Waals surface area contributed by atoms with Gasteiger partial charge in [-0.25, -0.2) is 0 Å². The molecule has 0 atom stereocenters. The summed E-state index contributed by atoms with van der Waals surface area (Å²) in [5.41, 5.74) is 2.99. The molecule has 3 N–H and O–H groups in total. The molecule has 132 valence electrons. The highest BCUT2D eigenvalue weighted by molar-refractivity contribution is 7.80. The number of nitrogens with one attached hydrogen (secondary N) is 1. The smallest absolute Gasteiger partial charge is 0.172 e. The molecule has 0 radical (unpaired) electrons. The van der Waals surface area contributed by atoms with E-state index in [1.54, 1.807) is 24.8 Å². The van der Waals surface area contributed by atoms with Gasteiger partial charge in [0.2, 0.25) is 0 Å². The fraction of sp³-hybridized carbons (Fsp3) is 0.100. The molecule has 1 aromatic carbocycles. The van der Waals surface area contributed by atoms with E-state index in [2.05, 4.69) is 23.7 Å². The lowest BCUT2D eigenvalue weighted by Gasteiger charge is -2.19. The second kappa shape index (κ2) is 6.72. The van der Waals surface area contributed by atoms with E-state index < -0.39 is 0 Å². The Morgan fingerprint density at radius 2 is 1.85 bits per heavy atom. The van der Waals surface area contributed by atoms with Crippen LogP contribution in [-0.2, 0) is 9.47 Å². The van der Waals surface area contributed by atoms with Crippen molar-refractivity contribution in [2.75, 3.05) is 0 Å². The minimum absolute atomic E-state index is 0.00622. The topological polar surface area (TPSA) is 74.7 Å². The van der Waals surface area contributed by atoms with Crippen LogP contribution in [0, 0.1) is 0 Å². The van der Waals surface area contributed by atoms with E-state index in [4.69, 9.17) is 9.47 Å². The van der Waals surface area contributed by atoms with Crippen LogP contribution in [0.3, 0.4) is 0 Å². The van der Waals surface area contributed by atoms with Crippen molar-refractivity contribution < 1.29 is 19.7 Å². The Morgan fingerprint density at radius 3 is 2.54 bits per heavy atom. The van der Waals surface area contributed by atoms with Crippen molar-refractivity contribution in [2.24, 2.45) is 0 Å². The maximum Gasteiger partial charge on any atom is 0.172 e. The van der Waals surface area contributed by atoms with Gasteiger partial charge in [0.25, 0.3) is 0 Å². The van der Waals surface area contributed by atoms with E-state index >= 15 is 0 Å². The third-order valence-corrected chi connectivity index (χ3v) is 4.65. The van der Waals surface area contributed by atoms with E-state index in [9.17, 15) is 10.2 Å². The molecule has 0 saturated heterocycles. The maximum atomic E-state index is 10.2. The number of ether oxygens (including phenoxy) is 2. The molecule has 0 saturated carbocycles. The average Bonchev–Trinajstić information content (AvgIpc) is 3.04. The summed E-state index contributed by atoms with van der Waals surface area (Å²) in [5, 5.41) is 20.3. The summed E-state index contributed by atoms with van der Waals surface area (Å²) in [5.74, 6) is 1.12. The molecule has 5 nitrogen and oxygen atoms in total. The molecule has 2 aliphatic rings. The first kappa shape index (κ1) is 16.5. The molecular formula is C20H17NO4S. The molecule has 1 aliphatic carbocycles. The Morgan fingerprint density at radius 1 is 1.04 bits per heavy atom. The number of thiol groups is 1. The monoisotopic (exact) mass is 367 g/mol. The molecule has 0 spiro atoms. The zero-order valence-corrected chi connectivity index (χ0v) is 14.7. The average molecular weight is 367 g/mol. The van der Waals surface area contributed by atoms with Gasteiger partial charge in [0.15, 0.2) is 11.5 Å². The Balaban J connectivity index is 1.66. The number of aromatic amines is 1. The van der Waals surface area contributed by atoms with Crippen molar-refractivity contribution in [1.29, 1.82) is 0 Å². The molecule has 4 rings (SSSR count). The standard InChI is InChI=1S/C20H17NO4S/c22-13-6-7-14(16(23)8-13)15-9-21-20(26)19(15)18-11-24-17(10-25-18)12-4-2-1-3-5-12/h1-2,4,6-11,21-23,26H,3,5H2. The quantitative estimate of drug-likeness (QED) is 0.586. The van der Waals surface area contributed by atoms with Crippen LogP contribution in [0.4, 0.5) is 0 Å². The number of phenols is 2. The van der Waals surface area contributed by atoms with Gasteiger partial charge in [0, 0.05) is 23.4 Å². The number of hydrogen-bond donors (Lipinski definition) is 4. The van der Waals surface area contributed by atoms with Crippen LogP contribution < -0.4 is 0 Å². The lowest BCUT2D eigenvalue weighted by atomic mass is 10.0. The zero-order chi connectivity index (χ0) is 18.1. The normalized spacial score (nSPS) is 16.3. The Kier molecular flexibility index (Phi) is 4.26. The van der Waals surface area contributed by atoms with Crippen molar-refractivity contribution >= 4 is 18.4 Å². The van der Waals surface area contributed by atoms with Gasteiger partial charge in [-0.15, -0.1) is 12.6 Å². The van der Waals surface area contributed by atoms with E-state index in [1.807, 2.05) is 12.2 Å². The number of allylic oxidation sites excluding steroid dienone is 4. The molecule has 1 aliphatic heterocycles. The van der Waals surface area contributed by atoms with Gasteiger partial charge in [0.05, 0.1) is 10.6 Å². The molecular weight excluding hydrogens is 350 g/mol. The van der Waals surface area contributed by atoms with Gasteiger partial charge in [-0.1, -0.05) is 18.2 Å². The first-order valence-electron chi connectivity index (χ1n) is 8.16. The Labute approximate surface area is 156 Å². The highest BCUT2D eigenvalue weighted by atomic mass is 32.1. The molecule has 0 amide bonds. The molecule has 0 fully saturated rings. The lowest BCUT2D eigenvalue weighted by Crippen LogP contribution is -2.02. The number of rotatable bonds is 3. The van der Waals surface area contributed by atoms with Crippen LogP contribution in [0.1, 0.15) is 18.4 Å². The summed E-state index contributed by atoms with van der Waals surface area (Å²) >= 11 is 4.45. The lowest BCUT2D eigenvalue weighted by molar-refractivity contribution is 0.280. The molecule has 2 heterocycles. The van der Waals surface area contributed by atoms with Gasteiger partial charge >= 0.3 is 0 Å². The predicted octanol–water partition coefficient (Wildman–Crippen LogP) is 4.84. The van der Waals surface area contributed by atoms with Crippen molar-refractivity contribution in [3.8, 4) is 22.6 Å². The molecule has 1 aromatic heterocycles. The zero-order valence-electron chi connectivity index (χ0n) is 13.8. The van der Waals surface area contributed by atoms with Crippen LogP contribution >= 0.6 is 12.6 Å². The third kappa shape index (κ3) is 2.99. The van der Waals surface area contributed by atoms with Gasteiger partial charge in [-0.3, -0.25) is 0 Å². The largest absolute Gasteiger partial charge is 0.508 e. The number of aromatic hydroxyl groups is 2. The second-order valence-electron chi connectivity index (χ2n) is 5.99. The predicted molar refractivity (Wildman–Crippen MR) is 101 cm³/mol. The van der Waals surface area contributed by atoms with Crippen molar-refractivity contribution in [3.05, 3.63) is 72.0 Å². The summed E-state index contributed by atoms with van der Waals surface area (Å²) in [6.07, 6.45) is 12.9. The van der Waals surface area contributed by atoms with Crippen molar-refractivity contribution in [2.45, 2.75) is 17.9 Å². The van der Waals surface area contributed by atoms with Crippen LogP contribution in [0.25, 0.3) is 16.9 Å². The number of hydrogen-bond acceptors (Lipinski definition) is 5. The molecule has 2 aromatic rings. The first-order valence-corrected chi connectivity index (χ1v) is 8.61. The number of phenolic OH excluding ortho intramolecular Hbond substituents is 2. The summed E-state index contributed by atoms with van der Waals surface area (Å²) in [6, 6.07) is 4.44. The number of benzene rings is 1. The molecule has 26 heavy (non-hydrogen) atoms. The maximum absolute atomic E-state index is 10.2. The number of aromatic nitrogens is 1. The highest BCUT2D eigenvalue weighted by Crippen LogP contribution is 2.40. The van der Waals surface area contributed by atoms with E-state index in [1.165, 1.54) is 12.1 Å². The van der Waals surface area contributed by atoms with Gasteiger partial charge in [-0.05, 0) is 30.5 Å². The summed E-state index contributed by atoms with van der Waals surface area (Å²) < 4.78 is 11.6. The minimum Gasteiger partial charge on any atom is -0.508 e. The summed E-state index contributed by atoms with van der Waals surface area (Å²) in [6.45, 7) is 0. The number of H-pyrrole nitrogens is 1. The molecule has 6 heteroatoms. The Hall–Kier alpha value is -2.99. The third-order valence-electron chi connectivity index (χ3n) is 4.29. The van der Waals surface area contributed by atoms with Crippen molar-refractivity contribution in [3.63, 3.8) is 0 Å². The van der Waals surface area contributed by atoms with Crippen LogP contribution in [-0.4, -0.2) is 15.2 Å². The van der Waals surface area contributed by atoms with E-state index in [-0.39, 0.29) is 11.5 Å². The summed E-state index contributed by atoms with van der Waals surface area (Å²) in [4.78, 5) is 3.02. The highest BCUT2D eigenvalue weighted by Gasteiger charge is 2.22. The first-order chi connectivity index (χ1) is 12.6. The van der Waals surface area contributed by atoms with Crippen LogP contribution in [0.2, 0.25) is 0 Å². The minimum atomic E-state index is -0.0358. The SMILES string of the molecule is Oc1ccc(-c2c[nH]c(S)c2C2=COC(C3=CC=CCC3)=CO2)c(O)c1. The van der Waals surface area contributed by atoms with Gasteiger partial charge < -0.3 is 24.7 Å².